The highest BCUT2D eigenvalue weighted by Crippen LogP contribution is 2.51. The smallest absolute Gasteiger partial charge is 0.238 e. The zero-order chi connectivity index (χ0) is 29.4. The first-order valence-electron chi connectivity index (χ1n) is 15.1. The fourth-order valence-electron chi connectivity index (χ4n) is 7.11. The van der Waals surface area contributed by atoms with Crippen molar-refractivity contribution in [2.24, 2.45) is 0 Å². The van der Waals surface area contributed by atoms with Crippen LogP contribution in [-0.4, -0.2) is 23.0 Å². The Morgan fingerprint density at radius 1 is 0.477 bits per heavy atom. The summed E-state index contributed by atoms with van der Waals surface area (Å²) < 4.78 is 0. The number of fused-ring (bicyclic) bond motifs is 5. The maximum absolute atomic E-state index is 5.20. The lowest BCUT2D eigenvalue weighted by Crippen LogP contribution is -2.49. The Morgan fingerprint density at radius 3 is 1.80 bits per heavy atom. The third-order valence-electron chi connectivity index (χ3n) is 9.24. The highest BCUT2D eigenvalue weighted by molar-refractivity contribution is 7.03. The topological polar surface area (TPSA) is 41.9 Å². The molecule has 208 valence electrons. The number of nitrogens with zero attached hydrogens (tertiary/aromatic N) is 4. The molecule has 9 rings (SSSR count). The van der Waals surface area contributed by atoms with Crippen molar-refractivity contribution in [1.82, 2.24) is 15.0 Å². The first-order valence-corrected chi connectivity index (χ1v) is 18.1. The van der Waals surface area contributed by atoms with Crippen LogP contribution in [0.5, 0.6) is 0 Å². The summed E-state index contributed by atoms with van der Waals surface area (Å²) in [5.41, 5.74) is 9.31. The summed E-state index contributed by atoms with van der Waals surface area (Å²) in [7, 11) is -1.93. The van der Waals surface area contributed by atoms with E-state index in [1.165, 1.54) is 43.4 Å². The van der Waals surface area contributed by atoms with Crippen LogP contribution in [0.4, 0.5) is 17.3 Å². The molecule has 2 aliphatic rings. The SMILES string of the molecule is C[Si]1(C)c2ccccc2-c2cc3c(cc21)N(c1nc(-c2ccccc2)nc(-c2ccccc2)n1)c1cccc2cccc-3c12. The number of hydrogen-bond acceptors (Lipinski definition) is 4. The van der Waals surface area contributed by atoms with E-state index in [1.807, 2.05) is 36.4 Å². The number of aromatic nitrogens is 3. The molecular weight excluding hydrogens is 553 g/mol. The minimum atomic E-state index is -1.93. The molecule has 1 aromatic heterocycles. The van der Waals surface area contributed by atoms with Crippen molar-refractivity contribution >= 4 is 46.5 Å². The molecule has 0 spiro atoms. The Labute approximate surface area is 257 Å². The van der Waals surface area contributed by atoms with Crippen molar-refractivity contribution in [2.45, 2.75) is 13.1 Å². The lowest BCUT2D eigenvalue weighted by atomic mass is 9.89. The third kappa shape index (κ3) is 3.60. The molecule has 0 saturated carbocycles. The van der Waals surface area contributed by atoms with Crippen molar-refractivity contribution in [3.8, 4) is 45.0 Å². The van der Waals surface area contributed by atoms with Crippen molar-refractivity contribution in [1.29, 1.82) is 0 Å². The van der Waals surface area contributed by atoms with Crippen molar-refractivity contribution in [3.05, 3.63) is 133 Å². The van der Waals surface area contributed by atoms with Crippen molar-refractivity contribution in [2.75, 3.05) is 4.90 Å². The van der Waals surface area contributed by atoms with E-state index < -0.39 is 8.07 Å². The van der Waals surface area contributed by atoms with Gasteiger partial charge in [-0.3, -0.25) is 4.90 Å². The molecule has 0 aliphatic carbocycles. The van der Waals surface area contributed by atoms with Gasteiger partial charge in [0.2, 0.25) is 5.95 Å². The highest BCUT2D eigenvalue weighted by atomic mass is 28.3. The second-order valence-electron chi connectivity index (χ2n) is 12.1. The van der Waals surface area contributed by atoms with E-state index in [0.29, 0.717) is 17.6 Å². The van der Waals surface area contributed by atoms with Gasteiger partial charge in [-0.05, 0) is 50.6 Å². The lowest BCUT2D eigenvalue weighted by Gasteiger charge is -2.33. The minimum Gasteiger partial charge on any atom is -0.278 e. The Bertz CT molecular complexity index is 2200. The molecule has 0 saturated heterocycles. The average Bonchev–Trinajstić information content (AvgIpc) is 3.30. The summed E-state index contributed by atoms with van der Waals surface area (Å²) in [6.45, 7) is 4.94. The van der Waals surface area contributed by atoms with Crippen LogP contribution in [0.2, 0.25) is 13.1 Å². The number of rotatable bonds is 3. The number of benzene rings is 6. The lowest BCUT2D eigenvalue weighted by molar-refractivity contribution is 1.02. The maximum atomic E-state index is 5.20. The molecule has 7 aromatic rings. The zero-order valence-electron chi connectivity index (χ0n) is 24.5. The van der Waals surface area contributed by atoms with E-state index in [1.54, 1.807) is 0 Å². The first-order chi connectivity index (χ1) is 21.6. The van der Waals surface area contributed by atoms with E-state index >= 15 is 0 Å². The highest BCUT2D eigenvalue weighted by Gasteiger charge is 2.40. The summed E-state index contributed by atoms with van der Waals surface area (Å²) in [5.74, 6) is 1.94. The van der Waals surface area contributed by atoms with Gasteiger partial charge in [-0.25, -0.2) is 4.98 Å². The Balaban J connectivity index is 1.37. The predicted octanol–water partition coefficient (Wildman–Crippen LogP) is 8.61. The molecular formula is C39H28N4Si. The van der Waals surface area contributed by atoms with E-state index in [4.69, 9.17) is 15.0 Å². The van der Waals surface area contributed by atoms with Gasteiger partial charge in [-0.1, -0.05) is 128 Å². The molecule has 0 bridgehead atoms. The van der Waals surface area contributed by atoms with Gasteiger partial charge in [0.05, 0.1) is 11.4 Å². The molecule has 0 N–H and O–H groups in total. The predicted molar refractivity (Wildman–Crippen MR) is 184 cm³/mol. The van der Waals surface area contributed by atoms with Gasteiger partial charge in [-0.15, -0.1) is 0 Å². The van der Waals surface area contributed by atoms with Gasteiger partial charge < -0.3 is 0 Å². The quantitative estimate of drug-likeness (QED) is 0.196. The van der Waals surface area contributed by atoms with Gasteiger partial charge >= 0.3 is 0 Å². The number of anilines is 3. The van der Waals surface area contributed by atoms with Crippen molar-refractivity contribution in [3.63, 3.8) is 0 Å². The summed E-state index contributed by atoms with van der Waals surface area (Å²) in [4.78, 5) is 17.7. The fraction of sp³-hybridized carbons (Fsp3) is 0.0513. The second kappa shape index (κ2) is 9.30. The van der Waals surface area contributed by atoms with Crippen LogP contribution in [0.3, 0.4) is 0 Å². The second-order valence-corrected chi connectivity index (χ2v) is 16.4. The summed E-state index contributed by atoms with van der Waals surface area (Å²) in [6.07, 6.45) is 0. The van der Waals surface area contributed by atoms with Gasteiger partial charge in [-0.2, -0.15) is 9.97 Å². The molecule has 3 heterocycles. The van der Waals surface area contributed by atoms with E-state index in [-0.39, 0.29) is 0 Å². The largest absolute Gasteiger partial charge is 0.278 e. The molecule has 0 fully saturated rings. The molecule has 5 heteroatoms. The minimum absolute atomic E-state index is 0.621. The molecule has 4 nitrogen and oxygen atoms in total. The maximum Gasteiger partial charge on any atom is 0.238 e. The standard InChI is InChI=1S/C39H28N4Si/c1-44(2)34-22-10-9-19-28(34)31-23-30-29-20-11-17-25-18-12-21-32(36(25)29)43(33(30)24-35(31)44)39-41-37(26-13-5-3-6-14-26)40-38(42-39)27-15-7-4-8-16-27/h3-24H,1-2H3. The molecule has 0 radical (unpaired) electrons. The van der Waals surface area contributed by atoms with Crippen LogP contribution < -0.4 is 15.3 Å². The summed E-state index contributed by atoms with van der Waals surface area (Å²) in [6, 6.07) is 47.4. The van der Waals surface area contributed by atoms with Crippen LogP contribution in [0.15, 0.2) is 133 Å². The summed E-state index contributed by atoms with van der Waals surface area (Å²) in [5, 5.41) is 5.37. The first kappa shape index (κ1) is 25.1. The van der Waals surface area contributed by atoms with Gasteiger partial charge in [0, 0.05) is 22.1 Å². The van der Waals surface area contributed by atoms with Crippen LogP contribution in [0.25, 0.3) is 55.8 Å². The van der Waals surface area contributed by atoms with E-state index in [9.17, 15) is 0 Å². The molecule has 6 aromatic carbocycles. The van der Waals surface area contributed by atoms with Crippen LogP contribution in [0.1, 0.15) is 0 Å². The van der Waals surface area contributed by atoms with Crippen LogP contribution in [0, 0.1) is 0 Å². The molecule has 0 amide bonds. The van der Waals surface area contributed by atoms with Crippen LogP contribution in [-0.2, 0) is 0 Å². The van der Waals surface area contributed by atoms with Gasteiger partial charge in [0.25, 0.3) is 0 Å². The molecule has 44 heavy (non-hydrogen) atoms. The molecule has 2 aliphatic heterocycles. The normalized spacial score (nSPS) is 13.8. The molecule has 0 unspecified atom stereocenters. The summed E-state index contributed by atoms with van der Waals surface area (Å²) >= 11 is 0. The Hall–Kier alpha value is -5.39. The molecule has 0 atom stereocenters. The van der Waals surface area contributed by atoms with E-state index in [2.05, 4.69) is 115 Å². The average molecular weight is 581 g/mol. The number of hydrogen-bond donors (Lipinski definition) is 0. The van der Waals surface area contributed by atoms with Gasteiger partial charge in [0.15, 0.2) is 11.6 Å². The monoisotopic (exact) mass is 580 g/mol. The Kier molecular flexibility index (Phi) is 5.31. The van der Waals surface area contributed by atoms with E-state index in [0.717, 1.165) is 22.5 Å². The van der Waals surface area contributed by atoms with Crippen molar-refractivity contribution < 1.29 is 0 Å². The zero-order valence-corrected chi connectivity index (χ0v) is 25.5. The Morgan fingerprint density at radius 2 is 1.09 bits per heavy atom. The van der Waals surface area contributed by atoms with Gasteiger partial charge in [0.1, 0.15) is 8.07 Å². The van der Waals surface area contributed by atoms with Crippen LogP contribution >= 0.6 is 0 Å². The third-order valence-corrected chi connectivity index (χ3v) is 12.8. The fourth-order valence-corrected chi connectivity index (χ4v) is 10.2.